The fourth-order valence-electron chi connectivity index (χ4n) is 12.8. The van der Waals surface area contributed by atoms with E-state index < -0.39 is 0 Å². The van der Waals surface area contributed by atoms with Gasteiger partial charge in [-0.15, -0.1) is 0 Å². The lowest BCUT2D eigenvalue weighted by atomic mass is 9.83. The van der Waals surface area contributed by atoms with E-state index in [1.807, 2.05) is 18.6 Å². The van der Waals surface area contributed by atoms with Crippen LogP contribution in [-0.2, 0) is 22.7 Å². The van der Waals surface area contributed by atoms with E-state index >= 15 is 0 Å². The lowest BCUT2D eigenvalue weighted by Gasteiger charge is -2.21. The first kappa shape index (κ1) is 59.6. The highest BCUT2D eigenvalue weighted by Crippen LogP contribution is 2.46. The van der Waals surface area contributed by atoms with E-state index in [0.29, 0.717) is 6.42 Å². The molecule has 0 aliphatic carbocycles. The molecule has 0 aliphatic rings. The van der Waals surface area contributed by atoms with E-state index in [1.54, 1.807) is 0 Å². The van der Waals surface area contributed by atoms with Gasteiger partial charge in [-0.1, -0.05) is 275 Å². The molecule has 0 aliphatic heterocycles. The molecule has 0 bridgehead atoms. The maximum Gasteiger partial charge on any atom is 0.0705 e. The van der Waals surface area contributed by atoms with Crippen molar-refractivity contribution in [3.8, 4) is 123 Å². The maximum atomic E-state index is 4.96. The number of hydrogen-bond acceptors (Lipinski definition) is 3. The predicted molar refractivity (Wildman–Crippen MR) is 385 cm³/mol. The smallest absolute Gasteiger partial charge is 0.0705 e. The maximum absolute atomic E-state index is 4.96. The van der Waals surface area contributed by atoms with E-state index in [9.17, 15) is 0 Å². The van der Waals surface area contributed by atoms with E-state index in [4.69, 9.17) is 15.0 Å². The van der Waals surface area contributed by atoms with Crippen LogP contribution in [0, 0.1) is 0 Å². The Labute approximate surface area is 539 Å². The molecule has 13 aromatic rings. The second-order valence-electron chi connectivity index (χ2n) is 27.3. The van der Waals surface area contributed by atoms with Crippen LogP contribution in [0.4, 0.5) is 0 Å². The molecule has 10 aromatic carbocycles. The van der Waals surface area contributed by atoms with Crippen LogP contribution in [0.5, 0.6) is 0 Å². The zero-order valence-electron chi connectivity index (χ0n) is 53.8. The van der Waals surface area contributed by atoms with E-state index in [1.165, 1.54) is 44.5 Å². The molecule has 0 saturated heterocycles. The summed E-state index contributed by atoms with van der Waals surface area (Å²) in [6, 6.07) is 101. The number of aromatic nitrogens is 3. The van der Waals surface area contributed by atoms with Crippen LogP contribution in [0.3, 0.4) is 0 Å². The SMILES string of the molecule is CC(C)(C)c1ccnc(-c2ccc(-c3ccccc3Cc3cc(-c4ccccc4-c4ccc(-c5cc(C(C)(C)C)ccn5)cc4-c4ccccc4)cc(-c4ccccc4-c4ccc(-c5cc(C(C)(C)C)ccn5)cc4-c4ccccc4)c3)c(-c3ccccc3)c2)c1. The molecule has 0 fully saturated rings. The molecule has 0 radical (unpaired) electrons. The van der Waals surface area contributed by atoms with Gasteiger partial charge in [-0.3, -0.25) is 15.0 Å². The van der Waals surface area contributed by atoms with Crippen LogP contribution in [0.15, 0.2) is 292 Å². The Balaban J connectivity index is 1.00. The molecule has 3 heterocycles. The molecule has 0 atom stereocenters. The minimum atomic E-state index is -0.0192. The van der Waals surface area contributed by atoms with Crippen LogP contribution in [-0.4, -0.2) is 15.0 Å². The summed E-state index contributed by atoms with van der Waals surface area (Å²) in [7, 11) is 0. The molecule has 0 spiro atoms. The van der Waals surface area contributed by atoms with Crippen molar-refractivity contribution in [2.75, 3.05) is 0 Å². The van der Waals surface area contributed by atoms with Crippen molar-refractivity contribution >= 4 is 0 Å². The summed E-state index contributed by atoms with van der Waals surface area (Å²) in [6.07, 6.45) is 6.54. The van der Waals surface area contributed by atoms with Crippen molar-refractivity contribution in [1.29, 1.82) is 0 Å². The third-order valence-corrected chi connectivity index (χ3v) is 17.8. The fourth-order valence-corrected chi connectivity index (χ4v) is 12.8. The molecule has 0 amide bonds. The van der Waals surface area contributed by atoms with Gasteiger partial charge in [-0.25, -0.2) is 0 Å². The van der Waals surface area contributed by atoms with Crippen molar-refractivity contribution in [3.63, 3.8) is 0 Å². The molecule has 0 unspecified atom stereocenters. The number of nitrogens with zero attached hydrogens (tertiary/aromatic N) is 3. The summed E-state index contributed by atoms with van der Waals surface area (Å²) in [5.74, 6) is 0. The Morgan fingerprint density at radius 1 is 0.220 bits per heavy atom. The molecular formula is C88H77N3. The summed E-state index contributed by atoms with van der Waals surface area (Å²) in [5.41, 5.74) is 30.8. The number of benzene rings is 10. The summed E-state index contributed by atoms with van der Waals surface area (Å²) >= 11 is 0. The van der Waals surface area contributed by atoms with Gasteiger partial charge in [0.25, 0.3) is 0 Å². The van der Waals surface area contributed by atoms with Gasteiger partial charge in [0.2, 0.25) is 0 Å². The number of hydrogen-bond donors (Lipinski definition) is 0. The topological polar surface area (TPSA) is 38.7 Å². The normalized spacial score (nSPS) is 11.8. The average Bonchev–Trinajstić information content (AvgIpc) is 0.908. The highest BCUT2D eigenvalue weighted by atomic mass is 14.7. The Kier molecular flexibility index (Phi) is 16.3. The zero-order chi connectivity index (χ0) is 62.9. The van der Waals surface area contributed by atoms with Crippen LogP contribution in [0.25, 0.3) is 123 Å². The molecule has 0 saturated carbocycles. The Hall–Kier alpha value is -10.4. The van der Waals surface area contributed by atoms with Gasteiger partial charge >= 0.3 is 0 Å². The van der Waals surface area contributed by atoms with Crippen molar-refractivity contribution < 1.29 is 0 Å². The van der Waals surface area contributed by atoms with Crippen LogP contribution < -0.4 is 0 Å². The van der Waals surface area contributed by atoms with Gasteiger partial charge < -0.3 is 0 Å². The first-order valence-electron chi connectivity index (χ1n) is 31.9. The summed E-state index contributed by atoms with van der Waals surface area (Å²) in [5, 5.41) is 0. The summed E-state index contributed by atoms with van der Waals surface area (Å²) < 4.78 is 0. The van der Waals surface area contributed by atoms with Crippen LogP contribution in [0.1, 0.15) is 90.1 Å². The first-order valence-corrected chi connectivity index (χ1v) is 31.9. The van der Waals surface area contributed by atoms with E-state index in [-0.39, 0.29) is 16.2 Å². The molecular weight excluding hydrogens is 1100 g/mol. The molecule has 444 valence electrons. The van der Waals surface area contributed by atoms with Crippen LogP contribution >= 0.6 is 0 Å². The highest BCUT2D eigenvalue weighted by molar-refractivity contribution is 5.97. The summed E-state index contributed by atoms with van der Waals surface area (Å²) in [6.45, 7) is 20.3. The molecule has 3 heteroatoms. The highest BCUT2D eigenvalue weighted by Gasteiger charge is 2.23. The lowest BCUT2D eigenvalue weighted by Crippen LogP contribution is -2.11. The van der Waals surface area contributed by atoms with Gasteiger partial charge in [-0.05, 0) is 200 Å². The zero-order valence-corrected chi connectivity index (χ0v) is 53.8. The van der Waals surface area contributed by atoms with Crippen molar-refractivity contribution in [3.05, 3.63) is 319 Å². The van der Waals surface area contributed by atoms with Crippen LogP contribution in [0.2, 0.25) is 0 Å². The van der Waals surface area contributed by atoms with Crippen molar-refractivity contribution in [1.82, 2.24) is 15.0 Å². The Morgan fingerprint density at radius 2 is 0.516 bits per heavy atom. The quantitative estimate of drug-likeness (QED) is 0.115. The van der Waals surface area contributed by atoms with Gasteiger partial charge in [0.1, 0.15) is 0 Å². The van der Waals surface area contributed by atoms with Crippen molar-refractivity contribution in [2.45, 2.75) is 85.0 Å². The fraction of sp³-hybridized carbons (Fsp3) is 0.148. The Morgan fingerprint density at radius 3 is 0.868 bits per heavy atom. The van der Waals surface area contributed by atoms with E-state index in [0.717, 1.165) is 106 Å². The first-order chi connectivity index (χ1) is 44.0. The molecule has 3 nitrogen and oxygen atoms in total. The van der Waals surface area contributed by atoms with Gasteiger partial charge in [-0.2, -0.15) is 0 Å². The van der Waals surface area contributed by atoms with E-state index in [2.05, 4.69) is 335 Å². The second-order valence-corrected chi connectivity index (χ2v) is 27.3. The largest absolute Gasteiger partial charge is 0.256 e. The summed E-state index contributed by atoms with van der Waals surface area (Å²) in [4.78, 5) is 14.8. The number of pyridine rings is 3. The molecule has 3 aromatic heterocycles. The average molecular weight is 1180 g/mol. The van der Waals surface area contributed by atoms with Crippen molar-refractivity contribution in [2.24, 2.45) is 0 Å². The standard InChI is InChI=1S/C88H77N3/c1-86(2,3)69-43-46-89-83(56-69)64-37-40-77(80(53-64)60-25-13-10-14-26-60)72-32-20-19-31-63(72)49-59-50-67(73-33-21-23-35-75(73)78-41-38-65(54-81(78)61-27-15-11-16-28-61)84-57-70(44-47-90-84)87(4,5)6)52-68(51-59)74-34-22-24-36-76(74)79-42-39-66(55-82(79)62-29-17-12-18-30-62)85-58-71(45-48-91-85)88(7,8)9/h10-48,50-58H,49H2,1-9H3. The minimum Gasteiger partial charge on any atom is -0.256 e. The van der Waals surface area contributed by atoms with Gasteiger partial charge in [0, 0.05) is 35.3 Å². The molecule has 91 heavy (non-hydrogen) atoms. The number of rotatable bonds is 13. The Bertz CT molecular complexity index is 4560. The van der Waals surface area contributed by atoms with Gasteiger partial charge in [0.15, 0.2) is 0 Å². The van der Waals surface area contributed by atoms with Gasteiger partial charge in [0.05, 0.1) is 17.1 Å². The monoisotopic (exact) mass is 1180 g/mol. The minimum absolute atomic E-state index is 0.0114. The molecule has 0 N–H and O–H groups in total. The third-order valence-electron chi connectivity index (χ3n) is 17.8. The predicted octanol–water partition coefficient (Wildman–Crippen LogP) is 23.7. The third kappa shape index (κ3) is 12.8. The second kappa shape index (κ2) is 24.9. The molecule has 13 rings (SSSR count). The lowest BCUT2D eigenvalue weighted by molar-refractivity contribution is 0.589.